The predicted octanol–water partition coefficient (Wildman–Crippen LogP) is 1.08. The summed E-state index contributed by atoms with van der Waals surface area (Å²) in [5.41, 5.74) is 0. The van der Waals surface area contributed by atoms with Crippen LogP contribution in [0.2, 0.25) is 0 Å². The smallest absolute Gasteiger partial charge is 0.313 e. The molecule has 0 aliphatic heterocycles. The molecule has 10 nitrogen and oxygen atoms in total. The third-order valence-electron chi connectivity index (χ3n) is 2.21. The van der Waals surface area contributed by atoms with Crippen LogP contribution < -0.4 is 0 Å². The van der Waals surface area contributed by atoms with E-state index in [4.69, 9.17) is 10.2 Å². The Morgan fingerprint density at radius 2 is 0.968 bits per heavy atom. The molecule has 184 valence electrons. The molecule has 0 rings (SSSR count). The fraction of sp³-hybridized carbons (Fsp3) is 0.800. The van der Waals surface area contributed by atoms with Gasteiger partial charge in [0.2, 0.25) is 0 Å². The summed E-state index contributed by atoms with van der Waals surface area (Å²) in [6.07, 6.45) is -0.855. The number of carbonyl (C=O) groups excluding carboxylic acids is 4. The van der Waals surface area contributed by atoms with Crippen molar-refractivity contribution in [3.8, 4) is 0 Å². The first kappa shape index (κ1) is 40.2. The first-order valence-electron chi connectivity index (χ1n) is 9.51. The molecule has 0 fully saturated rings. The zero-order chi connectivity index (χ0) is 24.5. The molecule has 31 heavy (non-hydrogen) atoms. The number of carbonyl (C=O) groups is 4. The fourth-order valence-corrected chi connectivity index (χ4v) is 1.31. The molecule has 0 bridgehead atoms. The van der Waals surface area contributed by atoms with Crippen molar-refractivity contribution >= 4 is 23.5 Å². The van der Waals surface area contributed by atoms with E-state index in [0.717, 1.165) is 0 Å². The molecule has 0 aromatic carbocycles. The minimum Gasteiger partial charge on any atom is -0.466 e. The third kappa shape index (κ3) is 58.5. The molecule has 0 aliphatic carbocycles. The fourth-order valence-electron chi connectivity index (χ4n) is 1.31. The minimum atomic E-state index is -0.440. The summed E-state index contributed by atoms with van der Waals surface area (Å²) < 4.78 is 18.1. The second-order valence-corrected chi connectivity index (χ2v) is 5.98. The van der Waals surface area contributed by atoms with Gasteiger partial charge in [-0.25, -0.2) is 0 Å². The Morgan fingerprint density at radius 3 is 1.06 bits per heavy atom. The zero-order valence-electron chi connectivity index (χ0n) is 20.1. The third-order valence-corrected chi connectivity index (χ3v) is 2.21. The number of ketones is 2. The first-order valence-corrected chi connectivity index (χ1v) is 9.51. The molecule has 0 heterocycles. The average molecular weight is 488 g/mol. The molecule has 0 aliphatic rings. The topological polar surface area (TPSA) is 146 Å². The zero-order valence-corrected chi connectivity index (χ0v) is 21.6. The van der Waals surface area contributed by atoms with E-state index < -0.39 is 11.9 Å². The van der Waals surface area contributed by atoms with Crippen LogP contribution in [0.25, 0.3) is 0 Å². The van der Waals surface area contributed by atoms with E-state index in [1.807, 2.05) is 0 Å². The number of aliphatic hydroxyl groups excluding tert-OH is 2. The first-order chi connectivity index (χ1) is 13.9. The Bertz CT molecular complexity index is 400. The van der Waals surface area contributed by atoms with Gasteiger partial charge in [0, 0.05) is 35.9 Å². The van der Waals surface area contributed by atoms with Crippen molar-refractivity contribution < 1.29 is 70.1 Å². The summed E-state index contributed by atoms with van der Waals surface area (Å²) in [6, 6.07) is 0. The number of ether oxygens (including phenoxy) is 4. The van der Waals surface area contributed by atoms with Crippen LogP contribution in [-0.4, -0.2) is 86.6 Å². The SMILES string of the molecule is CCOC(=O)CC(C)=O.CCOC(=O)CC(C)=O.COCC(C)O.COCC(C)O.[Ti]. The van der Waals surface area contributed by atoms with Crippen LogP contribution in [0.4, 0.5) is 0 Å². The van der Waals surface area contributed by atoms with Gasteiger partial charge in [-0.15, -0.1) is 0 Å². The largest absolute Gasteiger partial charge is 0.466 e. The summed E-state index contributed by atoms with van der Waals surface area (Å²) >= 11 is 0. The summed E-state index contributed by atoms with van der Waals surface area (Å²) in [5.74, 6) is -1.20. The van der Waals surface area contributed by atoms with Gasteiger partial charge in [0.25, 0.3) is 0 Å². The van der Waals surface area contributed by atoms with Gasteiger partial charge in [-0.05, 0) is 41.5 Å². The molecule has 11 heteroatoms. The van der Waals surface area contributed by atoms with Crippen LogP contribution >= 0.6 is 0 Å². The molecule has 0 amide bonds. The molecule has 0 aromatic rings. The van der Waals surface area contributed by atoms with Crippen LogP contribution in [0.15, 0.2) is 0 Å². The van der Waals surface area contributed by atoms with E-state index >= 15 is 0 Å². The second kappa shape index (κ2) is 31.0. The van der Waals surface area contributed by atoms with E-state index in [-0.39, 0.29) is 58.3 Å². The van der Waals surface area contributed by atoms with Crippen LogP contribution in [0.5, 0.6) is 0 Å². The van der Waals surface area contributed by atoms with Crippen molar-refractivity contribution in [3.05, 3.63) is 0 Å². The quantitative estimate of drug-likeness (QED) is 0.260. The van der Waals surface area contributed by atoms with Gasteiger partial charge in [0.15, 0.2) is 0 Å². The van der Waals surface area contributed by atoms with Crippen molar-refractivity contribution in [1.29, 1.82) is 0 Å². The number of hydrogen-bond acceptors (Lipinski definition) is 10. The molecule has 2 atom stereocenters. The maximum absolute atomic E-state index is 10.4. The predicted molar refractivity (Wildman–Crippen MR) is 111 cm³/mol. The van der Waals surface area contributed by atoms with Crippen molar-refractivity contribution in [2.24, 2.45) is 0 Å². The Morgan fingerprint density at radius 1 is 0.710 bits per heavy atom. The molecular weight excluding hydrogens is 448 g/mol. The van der Waals surface area contributed by atoms with Crippen LogP contribution in [0.3, 0.4) is 0 Å². The van der Waals surface area contributed by atoms with Crippen molar-refractivity contribution in [3.63, 3.8) is 0 Å². The van der Waals surface area contributed by atoms with Gasteiger partial charge in [-0.2, -0.15) is 0 Å². The Hall–Kier alpha value is -1.17. The van der Waals surface area contributed by atoms with E-state index in [1.54, 1.807) is 41.9 Å². The van der Waals surface area contributed by atoms with Crippen molar-refractivity contribution in [2.45, 2.75) is 66.6 Å². The Balaban J connectivity index is -0.0000000977. The number of methoxy groups -OCH3 is 2. The Kier molecular flexibility index (Phi) is 40.2. The number of aliphatic hydroxyl groups is 2. The number of Topliss-reactive ketones (excluding diaryl/α,β-unsaturated/α-hetero) is 2. The summed E-state index contributed by atoms with van der Waals surface area (Å²) in [7, 11) is 3.12. The summed E-state index contributed by atoms with van der Waals surface area (Å²) in [5, 5.41) is 16.9. The van der Waals surface area contributed by atoms with Gasteiger partial charge < -0.3 is 29.2 Å². The van der Waals surface area contributed by atoms with E-state index in [1.165, 1.54) is 13.8 Å². The number of rotatable bonds is 10. The number of esters is 2. The summed E-state index contributed by atoms with van der Waals surface area (Å²) in [4.78, 5) is 41.3. The average Bonchev–Trinajstić information content (AvgIpc) is 2.55. The molecule has 0 spiro atoms. The number of hydrogen-bond donors (Lipinski definition) is 2. The van der Waals surface area contributed by atoms with Crippen LogP contribution in [0, 0.1) is 0 Å². The minimum absolute atomic E-state index is 0. The van der Waals surface area contributed by atoms with Crippen molar-refractivity contribution in [2.75, 3.05) is 40.6 Å². The molecule has 0 saturated carbocycles. The van der Waals surface area contributed by atoms with Crippen LogP contribution in [-0.2, 0) is 59.8 Å². The molecule has 2 unspecified atom stereocenters. The molecule has 0 aromatic heterocycles. The molecular formula is C20H40O10Ti. The maximum Gasteiger partial charge on any atom is 0.313 e. The standard InChI is InChI=1S/2C6H10O3.2C4H10O2.Ti/c2*1-3-9-6(8)4-5(2)7;2*1-4(5)3-6-2;/h2*3-4H2,1-2H3;2*4-5H,3H2,1-2H3;. The molecule has 0 radical (unpaired) electrons. The monoisotopic (exact) mass is 488 g/mol. The second-order valence-electron chi connectivity index (χ2n) is 5.98. The van der Waals surface area contributed by atoms with Gasteiger partial charge in [0.05, 0.1) is 38.6 Å². The molecule has 2 N–H and O–H groups in total. The van der Waals surface area contributed by atoms with Gasteiger partial charge in [-0.1, -0.05) is 0 Å². The van der Waals surface area contributed by atoms with Crippen LogP contribution in [0.1, 0.15) is 54.4 Å². The van der Waals surface area contributed by atoms with Crippen molar-refractivity contribution in [1.82, 2.24) is 0 Å². The van der Waals surface area contributed by atoms with Gasteiger partial charge in [-0.3, -0.25) is 19.2 Å². The van der Waals surface area contributed by atoms with E-state index in [9.17, 15) is 19.2 Å². The normalized spacial score (nSPS) is 10.6. The van der Waals surface area contributed by atoms with E-state index in [2.05, 4.69) is 18.9 Å². The Labute approximate surface area is 200 Å². The van der Waals surface area contributed by atoms with Gasteiger partial charge >= 0.3 is 11.9 Å². The van der Waals surface area contributed by atoms with Gasteiger partial charge in [0.1, 0.15) is 24.4 Å². The maximum atomic E-state index is 10.4. The molecule has 0 saturated heterocycles. The van der Waals surface area contributed by atoms with E-state index in [0.29, 0.717) is 26.4 Å². The summed E-state index contributed by atoms with van der Waals surface area (Å²) in [6.45, 7) is 11.0.